The second kappa shape index (κ2) is 9.45. The number of hydrogen-bond donors (Lipinski definition) is 2. The third-order valence-electron chi connectivity index (χ3n) is 3.98. The Hall–Kier alpha value is -3.32. The number of benzene rings is 1. The van der Waals surface area contributed by atoms with Gasteiger partial charge >= 0.3 is 0 Å². The van der Waals surface area contributed by atoms with Crippen LogP contribution < -0.4 is 10.9 Å². The maximum absolute atomic E-state index is 12.5. The summed E-state index contributed by atoms with van der Waals surface area (Å²) < 4.78 is 27.0. The first kappa shape index (κ1) is 23.0. The molecule has 12 nitrogen and oxygen atoms in total. The van der Waals surface area contributed by atoms with Crippen LogP contribution >= 0.6 is 0 Å². The summed E-state index contributed by atoms with van der Waals surface area (Å²) in [4.78, 5) is 37.1. The molecule has 2 aromatic rings. The highest BCUT2D eigenvalue weighted by Crippen LogP contribution is 2.14. The normalized spacial score (nSPS) is 11.2. The van der Waals surface area contributed by atoms with Crippen molar-refractivity contribution in [3.05, 3.63) is 41.7 Å². The Bertz CT molecular complexity index is 1030. The van der Waals surface area contributed by atoms with E-state index in [-0.39, 0.29) is 23.0 Å². The van der Waals surface area contributed by atoms with E-state index in [2.05, 4.69) is 21.2 Å². The van der Waals surface area contributed by atoms with Crippen LogP contribution in [0.3, 0.4) is 0 Å². The SMILES string of the molecule is Cc1ccc(S(=O)(=O)N(C)CC(=O)NNC(=O)c2cn(CC(=O)N(C)C)nn2)cc1. The predicted molar refractivity (Wildman–Crippen MR) is 105 cm³/mol. The lowest BCUT2D eigenvalue weighted by Crippen LogP contribution is -2.46. The Morgan fingerprint density at radius 1 is 1.07 bits per heavy atom. The van der Waals surface area contributed by atoms with E-state index in [0.29, 0.717) is 0 Å². The van der Waals surface area contributed by atoms with Gasteiger partial charge in [-0.2, -0.15) is 4.31 Å². The number of carbonyl (C=O) groups is 3. The molecule has 0 saturated heterocycles. The minimum atomic E-state index is -3.86. The quantitative estimate of drug-likeness (QED) is 0.515. The lowest BCUT2D eigenvalue weighted by atomic mass is 10.2. The van der Waals surface area contributed by atoms with Crippen LogP contribution in [0.5, 0.6) is 0 Å². The molecule has 13 heteroatoms. The van der Waals surface area contributed by atoms with Gasteiger partial charge in [0.25, 0.3) is 11.8 Å². The molecule has 30 heavy (non-hydrogen) atoms. The molecule has 0 bridgehead atoms. The van der Waals surface area contributed by atoms with E-state index in [0.717, 1.165) is 9.87 Å². The number of amides is 3. The largest absolute Gasteiger partial charge is 0.347 e. The van der Waals surface area contributed by atoms with Crippen LogP contribution in [-0.2, 0) is 26.2 Å². The smallest absolute Gasteiger partial charge is 0.291 e. The van der Waals surface area contributed by atoms with Crippen LogP contribution in [0.4, 0.5) is 0 Å². The molecule has 0 fully saturated rings. The number of carbonyl (C=O) groups excluding carboxylic acids is 3. The van der Waals surface area contributed by atoms with Crippen molar-refractivity contribution in [1.29, 1.82) is 0 Å². The average Bonchev–Trinajstić information content (AvgIpc) is 3.14. The van der Waals surface area contributed by atoms with Gasteiger partial charge in [-0.1, -0.05) is 22.9 Å². The number of sulfonamides is 1. The molecule has 1 aromatic carbocycles. The maximum atomic E-state index is 12.5. The van der Waals surface area contributed by atoms with Gasteiger partial charge < -0.3 is 4.90 Å². The molecule has 1 heterocycles. The molecular formula is C17H23N7O5S. The lowest BCUT2D eigenvalue weighted by molar-refractivity contribution is -0.129. The van der Waals surface area contributed by atoms with E-state index in [1.807, 2.05) is 6.92 Å². The number of hydrogen-bond acceptors (Lipinski definition) is 7. The summed E-state index contributed by atoms with van der Waals surface area (Å²) in [5.74, 6) is -1.76. The zero-order chi connectivity index (χ0) is 22.5. The van der Waals surface area contributed by atoms with Gasteiger partial charge in [-0.25, -0.2) is 13.1 Å². The highest BCUT2D eigenvalue weighted by Gasteiger charge is 2.23. The van der Waals surface area contributed by atoms with Crippen molar-refractivity contribution in [2.45, 2.75) is 18.4 Å². The second-order valence-electron chi connectivity index (χ2n) is 6.67. The molecule has 0 spiro atoms. The maximum Gasteiger partial charge on any atom is 0.291 e. The third kappa shape index (κ3) is 5.84. The summed E-state index contributed by atoms with van der Waals surface area (Å²) in [6, 6.07) is 6.21. The van der Waals surface area contributed by atoms with E-state index in [9.17, 15) is 22.8 Å². The van der Waals surface area contributed by atoms with Gasteiger partial charge in [0.05, 0.1) is 17.6 Å². The summed E-state index contributed by atoms with van der Waals surface area (Å²) in [7, 11) is 0.559. The number of rotatable bonds is 7. The van der Waals surface area contributed by atoms with Crippen molar-refractivity contribution in [2.75, 3.05) is 27.7 Å². The van der Waals surface area contributed by atoms with Gasteiger partial charge in [0.15, 0.2) is 5.69 Å². The summed E-state index contributed by atoms with van der Waals surface area (Å²) in [6.45, 7) is 1.22. The fourth-order valence-electron chi connectivity index (χ4n) is 2.17. The number of likely N-dealkylation sites (N-methyl/N-ethyl adjacent to an activating group) is 2. The van der Waals surface area contributed by atoms with Crippen LogP contribution in [0.15, 0.2) is 35.4 Å². The number of hydrazine groups is 1. The van der Waals surface area contributed by atoms with Crippen LogP contribution in [0.25, 0.3) is 0 Å². The number of aryl methyl sites for hydroxylation is 1. The van der Waals surface area contributed by atoms with Crippen LogP contribution in [0.2, 0.25) is 0 Å². The van der Waals surface area contributed by atoms with Crippen molar-refractivity contribution in [2.24, 2.45) is 0 Å². The highest BCUT2D eigenvalue weighted by atomic mass is 32.2. The summed E-state index contributed by atoms with van der Waals surface area (Å²) in [5, 5.41) is 7.29. The van der Waals surface area contributed by atoms with Gasteiger partial charge in [-0.05, 0) is 19.1 Å². The minimum Gasteiger partial charge on any atom is -0.347 e. The first-order valence-electron chi connectivity index (χ1n) is 8.73. The zero-order valence-electron chi connectivity index (χ0n) is 17.0. The van der Waals surface area contributed by atoms with Crippen LogP contribution in [0, 0.1) is 6.92 Å². The van der Waals surface area contributed by atoms with E-state index in [4.69, 9.17) is 0 Å². The van der Waals surface area contributed by atoms with Crippen LogP contribution in [0.1, 0.15) is 16.1 Å². The molecule has 2 rings (SSSR count). The molecule has 0 aliphatic carbocycles. The number of nitrogens with zero attached hydrogens (tertiary/aromatic N) is 5. The molecule has 2 N–H and O–H groups in total. The summed E-state index contributed by atoms with van der Waals surface area (Å²) in [5.41, 5.74) is 5.02. The topological polar surface area (TPSA) is 147 Å². The van der Waals surface area contributed by atoms with Crippen molar-refractivity contribution in [3.63, 3.8) is 0 Å². The average molecular weight is 437 g/mol. The van der Waals surface area contributed by atoms with E-state index in [1.54, 1.807) is 26.2 Å². The first-order valence-corrected chi connectivity index (χ1v) is 10.2. The second-order valence-corrected chi connectivity index (χ2v) is 8.71. The molecule has 0 aliphatic heterocycles. The Balaban J connectivity index is 1.89. The van der Waals surface area contributed by atoms with E-state index >= 15 is 0 Å². The van der Waals surface area contributed by atoms with Gasteiger partial charge in [0, 0.05) is 21.1 Å². The third-order valence-corrected chi connectivity index (χ3v) is 5.80. The van der Waals surface area contributed by atoms with Gasteiger partial charge in [0.2, 0.25) is 15.9 Å². The number of aromatic nitrogens is 3. The first-order chi connectivity index (χ1) is 14.0. The van der Waals surface area contributed by atoms with Gasteiger partial charge in [0.1, 0.15) is 6.54 Å². The molecule has 162 valence electrons. The predicted octanol–water partition coefficient (Wildman–Crippen LogP) is -1.24. The zero-order valence-corrected chi connectivity index (χ0v) is 17.8. The van der Waals surface area contributed by atoms with Crippen molar-refractivity contribution in [3.8, 4) is 0 Å². The minimum absolute atomic E-state index is 0.0521. The van der Waals surface area contributed by atoms with Crippen molar-refractivity contribution < 1.29 is 22.8 Å². The Kier molecular flexibility index (Phi) is 7.24. The van der Waals surface area contributed by atoms with Crippen molar-refractivity contribution in [1.82, 2.24) is 35.1 Å². The fourth-order valence-corrected chi connectivity index (χ4v) is 3.29. The van der Waals surface area contributed by atoms with Gasteiger partial charge in [-0.15, -0.1) is 5.10 Å². The number of nitrogens with one attached hydrogen (secondary N) is 2. The monoisotopic (exact) mass is 437 g/mol. The molecule has 3 amide bonds. The standard InChI is InChI=1S/C17H23N7O5S/c1-12-5-7-13(8-6-12)30(28,29)23(4)10-15(25)19-20-17(27)14-9-24(21-18-14)11-16(26)22(2)3/h5-9H,10-11H2,1-4H3,(H,19,25)(H,20,27). The molecule has 0 unspecified atom stereocenters. The molecular weight excluding hydrogens is 414 g/mol. The van der Waals surface area contributed by atoms with E-state index in [1.165, 1.54) is 35.0 Å². The van der Waals surface area contributed by atoms with Crippen molar-refractivity contribution >= 4 is 27.7 Å². The summed E-state index contributed by atoms with van der Waals surface area (Å²) >= 11 is 0. The highest BCUT2D eigenvalue weighted by molar-refractivity contribution is 7.89. The summed E-state index contributed by atoms with van der Waals surface area (Å²) in [6.07, 6.45) is 1.25. The van der Waals surface area contributed by atoms with Gasteiger partial charge in [-0.3, -0.25) is 25.2 Å². The molecule has 1 aromatic heterocycles. The molecule has 0 atom stereocenters. The molecule has 0 radical (unpaired) electrons. The Morgan fingerprint density at radius 2 is 1.70 bits per heavy atom. The molecule has 0 saturated carbocycles. The fraction of sp³-hybridized carbons (Fsp3) is 0.353. The van der Waals surface area contributed by atoms with E-state index < -0.39 is 28.4 Å². The molecule has 0 aliphatic rings. The van der Waals surface area contributed by atoms with Crippen LogP contribution in [-0.4, -0.2) is 78.0 Å². The lowest BCUT2D eigenvalue weighted by Gasteiger charge is -2.17. The Morgan fingerprint density at radius 3 is 2.30 bits per heavy atom. The Labute approximate surface area is 173 Å².